The number of allylic oxidation sites excluding steroid dienone is 5. The molecular weight excluding hydrogens is 230 g/mol. The predicted molar refractivity (Wildman–Crippen MR) is 86.1 cm³/mol. The summed E-state index contributed by atoms with van der Waals surface area (Å²) >= 11 is 0. The van der Waals surface area contributed by atoms with E-state index in [1.807, 2.05) is 0 Å². The van der Waals surface area contributed by atoms with Gasteiger partial charge in [0.15, 0.2) is 0 Å². The quantitative estimate of drug-likeness (QED) is 0.609. The number of nitrogens with zero attached hydrogens (tertiary/aromatic N) is 1. The average molecular weight is 261 g/mol. The SMILES string of the molecule is C=C(/C=C\C1=C(C)N(C(C)(C)C)CCC1)C(C)(C)C. The Morgan fingerprint density at radius 1 is 1.16 bits per heavy atom. The van der Waals surface area contributed by atoms with Gasteiger partial charge >= 0.3 is 0 Å². The van der Waals surface area contributed by atoms with Crippen LogP contribution < -0.4 is 0 Å². The molecule has 0 atom stereocenters. The van der Waals surface area contributed by atoms with Gasteiger partial charge in [-0.3, -0.25) is 0 Å². The lowest BCUT2D eigenvalue weighted by atomic mass is 9.86. The third-order valence-corrected chi connectivity index (χ3v) is 3.96. The molecule has 1 heterocycles. The van der Waals surface area contributed by atoms with E-state index in [0.29, 0.717) is 0 Å². The van der Waals surface area contributed by atoms with Crippen molar-refractivity contribution in [2.45, 2.75) is 66.8 Å². The molecule has 108 valence electrons. The Hall–Kier alpha value is -0.980. The van der Waals surface area contributed by atoms with Crippen molar-refractivity contribution in [3.63, 3.8) is 0 Å². The Morgan fingerprint density at radius 3 is 2.21 bits per heavy atom. The van der Waals surface area contributed by atoms with E-state index < -0.39 is 0 Å². The van der Waals surface area contributed by atoms with Crippen molar-refractivity contribution < 1.29 is 0 Å². The van der Waals surface area contributed by atoms with Gasteiger partial charge in [0.25, 0.3) is 0 Å². The molecule has 1 heteroatoms. The lowest BCUT2D eigenvalue weighted by Gasteiger charge is -2.42. The fourth-order valence-corrected chi connectivity index (χ4v) is 2.44. The normalized spacial score (nSPS) is 18.4. The van der Waals surface area contributed by atoms with E-state index in [1.165, 1.54) is 36.2 Å². The van der Waals surface area contributed by atoms with E-state index in [1.54, 1.807) is 0 Å². The van der Waals surface area contributed by atoms with E-state index in [9.17, 15) is 0 Å². The largest absolute Gasteiger partial charge is 0.370 e. The smallest absolute Gasteiger partial charge is 0.0315 e. The average Bonchev–Trinajstić information content (AvgIpc) is 2.24. The van der Waals surface area contributed by atoms with Gasteiger partial charge in [0, 0.05) is 17.8 Å². The molecule has 0 unspecified atom stereocenters. The van der Waals surface area contributed by atoms with Crippen molar-refractivity contribution in [3.05, 3.63) is 35.6 Å². The standard InChI is InChI=1S/C18H31N/c1-14(17(3,4)5)11-12-16-10-9-13-19(15(16)2)18(6,7)8/h11-12H,1,9-10,13H2,2-8H3/b12-11-. The summed E-state index contributed by atoms with van der Waals surface area (Å²) in [5.74, 6) is 0. The van der Waals surface area contributed by atoms with Crippen LogP contribution in [0.25, 0.3) is 0 Å². The number of rotatable bonds is 2. The van der Waals surface area contributed by atoms with E-state index in [2.05, 4.69) is 72.1 Å². The molecule has 0 aromatic rings. The summed E-state index contributed by atoms with van der Waals surface area (Å²) in [6.07, 6.45) is 6.91. The second kappa shape index (κ2) is 5.56. The molecular formula is C18H31N. The molecule has 0 aromatic carbocycles. The lowest BCUT2D eigenvalue weighted by Crippen LogP contribution is -2.42. The number of hydrogen-bond donors (Lipinski definition) is 0. The first-order valence-corrected chi connectivity index (χ1v) is 7.38. The Kier molecular flexibility index (Phi) is 4.71. The van der Waals surface area contributed by atoms with Crippen molar-refractivity contribution >= 4 is 0 Å². The van der Waals surface area contributed by atoms with E-state index in [4.69, 9.17) is 0 Å². The van der Waals surface area contributed by atoms with Gasteiger partial charge in [-0.1, -0.05) is 39.5 Å². The van der Waals surface area contributed by atoms with E-state index >= 15 is 0 Å². The lowest BCUT2D eigenvalue weighted by molar-refractivity contribution is 0.172. The van der Waals surface area contributed by atoms with Gasteiger partial charge in [-0.25, -0.2) is 0 Å². The third kappa shape index (κ3) is 4.26. The summed E-state index contributed by atoms with van der Waals surface area (Å²) in [6.45, 7) is 21.1. The van der Waals surface area contributed by atoms with Crippen LogP contribution in [0.2, 0.25) is 0 Å². The minimum Gasteiger partial charge on any atom is -0.370 e. The van der Waals surface area contributed by atoms with Crippen molar-refractivity contribution in [2.75, 3.05) is 6.54 Å². The summed E-state index contributed by atoms with van der Waals surface area (Å²) in [7, 11) is 0. The summed E-state index contributed by atoms with van der Waals surface area (Å²) < 4.78 is 0. The Labute approximate surface area is 120 Å². The van der Waals surface area contributed by atoms with E-state index in [-0.39, 0.29) is 11.0 Å². The first-order chi connectivity index (χ1) is 8.53. The van der Waals surface area contributed by atoms with Gasteiger partial charge in [0.05, 0.1) is 0 Å². The zero-order chi connectivity index (χ0) is 14.8. The molecule has 0 N–H and O–H groups in total. The predicted octanol–water partition coefficient (Wildman–Crippen LogP) is 5.31. The van der Waals surface area contributed by atoms with Gasteiger partial charge < -0.3 is 4.90 Å². The monoisotopic (exact) mass is 261 g/mol. The Balaban J connectivity index is 2.94. The molecule has 1 aliphatic rings. The molecule has 0 radical (unpaired) electrons. The maximum Gasteiger partial charge on any atom is 0.0315 e. The highest BCUT2D eigenvalue weighted by Crippen LogP contribution is 2.30. The molecule has 0 fully saturated rings. The summed E-state index contributed by atoms with van der Waals surface area (Å²) in [4.78, 5) is 2.52. The molecule has 1 aliphatic heterocycles. The highest BCUT2D eigenvalue weighted by Gasteiger charge is 2.25. The van der Waals surface area contributed by atoms with Crippen molar-refractivity contribution in [3.8, 4) is 0 Å². The second-order valence-corrected chi connectivity index (χ2v) is 7.65. The minimum atomic E-state index is 0.156. The van der Waals surface area contributed by atoms with Crippen LogP contribution >= 0.6 is 0 Å². The van der Waals surface area contributed by atoms with Gasteiger partial charge in [0.1, 0.15) is 0 Å². The molecule has 1 rings (SSSR count). The zero-order valence-corrected chi connectivity index (χ0v) is 13.9. The molecule has 0 bridgehead atoms. The van der Waals surface area contributed by atoms with Gasteiger partial charge in [0.2, 0.25) is 0 Å². The van der Waals surface area contributed by atoms with Crippen LogP contribution in [-0.2, 0) is 0 Å². The van der Waals surface area contributed by atoms with Crippen LogP contribution in [0.1, 0.15) is 61.3 Å². The summed E-state index contributed by atoms with van der Waals surface area (Å²) in [5.41, 5.74) is 4.46. The molecule has 0 amide bonds. The van der Waals surface area contributed by atoms with Crippen molar-refractivity contribution in [1.82, 2.24) is 4.90 Å². The molecule has 0 aliphatic carbocycles. The van der Waals surface area contributed by atoms with Gasteiger partial charge in [-0.2, -0.15) is 0 Å². The van der Waals surface area contributed by atoms with Crippen LogP contribution in [0.3, 0.4) is 0 Å². The Morgan fingerprint density at radius 2 is 1.74 bits per heavy atom. The zero-order valence-electron chi connectivity index (χ0n) is 13.9. The molecule has 0 saturated heterocycles. The van der Waals surface area contributed by atoms with Gasteiger partial charge in [-0.05, 0) is 57.1 Å². The molecule has 1 nitrogen and oxygen atoms in total. The highest BCUT2D eigenvalue weighted by molar-refractivity contribution is 5.33. The fourth-order valence-electron chi connectivity index (χ4n) is 2.44. The van der Waals surface area contributed by atoms with Crippen LogP contribution in [-0.4, -0.2) is 17.0 Å². The Bertz CT molecular complexity index is 396. The fraction of sp³-hybridized carbons (Fsp3) is 0.667. The van der Waals surface area contributed by atoms with Crippen LogP contribution in [0.4, 0.5) is 0 Å². The maximum atomic E-state index is 4.18. The van der Waals surface area contributed by atoms with Crippen LogP contribution in [0.15, 0.2) is 35.6 Å². The highest BCUT2D eigenvalue weighted by atomic mass is 15.2. The molecule has 0 aromatic heterocycles. The first-order valence-electron chi connectivity index (χ1n) is 7.38. The third-order valence-electron chi connectivity index (χ3n) is 3.96. The van der Waals surface area contributed by atoms with Crippen molar-refractivity contribution in [1.29, 1.82) is 0 Å². The van der Waals surface area contributed by atoms with E-state index in [0.717, 1.165) is 0 Å². The van der Waals surface area contributed by atoms with Crippen molar-refractivity contribution in [2.24, 2.45) is 5.41 Å². The number of hydrogen-bond acceptors (Lipinski definition) is 1. The molecule has 0 saturated carbocycles. The molecule has 19 heavy (non-hydrogen) atoms. The minimum absolute atomic E-state index is 0.156. The summed E-state index contributed by atoms with van der Waals surface area (Å²) in [5, 5.41) is 0. The second-order valence-electron chi connectivity index (χ2n) is 7.65. The van der Waals surface area contributed by atoms with Crippen LogP contribution in [0.5, 0.6) is 0 Å². The molecule has 0 spiro atoms. The van der Waals surface area contributed by atoms with Crippen LogP contribution in [0, 0.1) is 5.41 Å². The van der Waals surface area contributed by atoms with Gasteiger partial charge in [-0.15, -0.1) is 0 Å². The summed E-state index contributed by atoms with van der Waals surface area (Å²) in [6, 6.07) is 0. The first kappa shape index (κ1) is 16.1. The topological polar surface area (TPSA) is 3.24 Å². The maximum absolute atomic E-state index is 4.18.